The van der Waals surface area contributed by atoms with Crippen molar-refractivity contribution in [3.05, 3.63) is 24.5 Å². The van der Waals surface area contributed by atoms with Gasteiger partial charge >= 0.3 is 0 Å². The van der Waals surface area contributed by atoms with Crippen LogP contribution in [0.5, 0.6) is 0 Å². The van der Waals surface area contributed by atoms with Crippen molar-refractivity contribution < 1.29 is 0 Å². The number of anilines is 1. The second-order valence-corrected chi connectivity index (χ2v) is 2.44. The summed E-state index contributed by atoms with van der Waals surface area (Å²) >= 11 is 0. The first-order chi connectivity index (χ1) is 5.47. The van der Waals surface area contributed by atoms with Gasteiger partial charge in [0.25, 0.3) is 0 Å². The van der Waals surface area contributed by atoms with Crippen molar-refractivity contribution in [3.8, 4) is 0 Å². The largest absolute Gasteiger partial charge is 0.346 e. The molecule has 0 amide bonds. The maximum absolute atomic E-state index is 4.11. The molecule has 0 aromatic carbocycles. The molecule has 1 aliphatic rings. The first-order valence-corrected chi connectivity index (χ1v) is 3.60. The molecule has 0 saturated heterocycles. The maximum atomic E-state index is 4.11. The van der Waals surface area contributed by atoms with Gasteiger partial charge < -0.3 is 4.90 Å². The number of aliphatic imine (C=N–C) groups is 1. The lowest BCUT2D eigenvalue weighted by atomic mass is 10.4. The van der Waals surface area contributed by atoms with Gasteiger partial charge in [-0.2, -0.15) is 0 Å². The average Bonchev–Trinajstić information content (AvgIpc) is 2.58. The Morgan fingerprint density at radius 2 is 2.45 bits per heavy atom. The predicted octanol–water partition coefficient (Wildman–Crippen LogP) is 0.930. The van der Waals surface area contributed by atoms with E-state index in [2.05, 4.69) is 14.9 Å². The maximum Gasteiger partial charge on any atom is 0.110 e. The van der Waals surface area contributed by atoms with Crippen molar-refractivity contribution in [2.45, 2.75) is 0 Å². The Labute approximate surface area is 65.4 Å². The zero-order valence-electron chi connectivity index (χ0n) is 6.14. The summed E-state index contributed by atoms with van der Waals surface area (Å²) in [5, 5.41) is 0. The smallest absolute Gasteiger partial charge is 0.110 e. The van der Waals surface area contributed by atoms with Gasteiger partial charge in [-0.1, -0.05) is 0 Å². The van der Waals surface area contributed by atoms with Gasteiger partial charge in [0.2, 0.25) is 0 Å². The van der Waals surface area contributed by atoms with Gasteiger partial charge in [-0.05, 0) is 12.1 Å². The van der Waals surface area contributed by atoms with E-state index in [0.29, 0.717) is 0 Å². The zero-order chi connectivity index (χ0) is 7.52. The molecule has 0 unspecified atom stereocenters. The van der Waals surface area contributed by atoms with E-state index in [9.17, 15) is 0 Å². The highest BCUT2D eigenvalue weighted by Gasteiger charge is 2.06. The molecular weight excluding hydrogens is 138 g/mol. The third-order valence-electron chi connectivity index (χ3n) is 1.69. The number of rotatable bonds is 1. The SMILES string of the molecule is C1=NCN(c2cccnc2)C1. The van der Waals surface area contributed by atoms with Crippen LogP contribution in [0.1, 0.15) is 0 Å². The van der Waals surface area contributed by atoms with Crippen LogP contribution in [-0.4, -0.2) is 24.4 Å². The van der Waals surface area contributed by atoms with Crippen molar-refractivity contribution in [3.63, 3.8) is 0 Å². The fourth-order valence-corrected chi connectivity index (χ4v) is 1.10. The lowest BCUT2D eigenvalue weighted by Gasteiger charge is -2.14. The summed E-state index contributed by atoms with van der Waals surface area (Å²) in [6.07, 6.45) is 5.56. The molecule has 2 heterocycles. The Kier molecular flexibility index (Phi) is 1.55. The molecule has 1 aromatic rings. The fourth-order valence-electron chi connectivity index (χ4n) is 1.10. The van der Waals surface area contributed by atoms with Crippen molar-refractivity contribution in [2.24, 2.45) is 4.99 Å². The number of hydrogen-bond donors (Lipinski definition) is 0. The number of nitrogens with zero attached hydrogens (tertiary/aromatic N) is 3. The molecule has 0 aliphatic carbocycles. The van der Waals surface area contributed by atoms with Crippen molar-refractivity contribution in [2.75, 3.05) is 18.1 Å². The second kappa shape index (κ2) is 2.70. The first-order valence-electron chi connectivity index (χ1n) is 3.60. The van der Waals surface area contributed by atoms with Gasteiger partial charge in [0.1, 0.15) is 6.67 Å². The highest BCUT2D eigenvalue weighted by atomic mass is 15.2. The van der Waals surface area contributed by atoms with Crippen LogP contribution in [0, 0.1) is 0 Å². The summed E-state index contributed by atoms with van der Waals surface area (Å²) in [6.45, 7) is 1.68. The second-order valence-electron chi connectivity index (χ2n) is 2.44. The Balaban J connectivity index is 2.17. The monoisotopic (exact) mass is 147 g/mol. The average molecular weight is 147 g/mol. The minimum atomic E-state index is 0.770. The standard InChI is InChI=1S/C8H9N3/c1-2-8(6-9-3-1)11-5-4-10-7-11/h1-4,6H,5,7H2. The lowest BCUT2D eigenvalue weighted by molar-refractivity contribution is 0.950. The van der Waals surface area contributed by atoms with Gasteiger partial charge in [0.15, 0.2) is 0 Å². The molecule has 2 rings (SSSR count). The molecule has 1 aromatic heterocycles. The fraction of sp³-hybridized carbons (Fsp3) is 0.250. The van der Waals surface area contributed by atoms with Gasteiger partial charge in [-0.25, -0.2) is 0 Å². The molecule has 11 heavy (non-hydrogen) atoms. The van der Waals surface area contributed by atoms with Crippen LogP contribution in [0.4, 0.5) is 5.69 Å². The molecule has 0 spiro atoms. The minimum absolute atomic E-state index is 0.770. The Morgan fingerprint density at radius 3 is 3.09 bits per heavy atom. The van der Waals surface area contributed by atoms with Crippen molar-refractivity contribution in [1.29, 1.82) is 0 Å². The molecular formula is C8H9N3. The molecule has 0 atom stereocenters. The van der Waals surface area contributed by atoms with Crippen LogP contribution >= 0.6 is 0 Å². The van der Waals surface area contributed by atoms with Crippen LogP contribution < -0.4 is 4.90 Å². The number of hydrogen-bond acceptors (Lipinski definition) is 3. The van der Waals surface area contributed by atoms with Gasteiger partial charge in [0.05, 0.1) is 18.4 Å². The van der Waals surface area contributed by atoms with Crippen molar-refractivity contribution >= 4 is 11.9 Å². The highest BCUT2D eigenvalue weighted by Crippen LogP contribution is 2.12. The molecule has 56 valence electrons. The Bertz CT molecular complexity index is 247. The molecule has 3 heteroatoms. The normalized spacial score (nSPS) is 15.8. The van der Waals surface area contributed by atoms with E-state index in [1.54, 1.807) is 6.20 Å². The third-order valence-corrected chi connectivity index (χ3v) is 1.69. The Hall–Kier alpha value is -1.38. The minimum Gasteiger partial charge on any atom is -0.346 e. The van der Waals surface area contributed by atoms with E-state index in [1.807, 2.05) is 24.5 Å². The summed E-state index contributed by atoms with van der Waals surface area (Å²) in [7, 11) is 0. The number of aromatic nitrogens is 1. The Morgan fingerprint density at radius 1 is 1.45 bits per heavy atom. The molecule has 0 saturated carbocycles. The quantitative estimate of drug-likeness (QED) is 0.591. The van der Waals surface area contributed by atoms with Gasteiger partial charge in [0, 0.05) is 12.4 Å². The molecule has 1 aliphatic heterocycles. The van der Waals surface area contributed by atoms with E-state index >= 15 is 0 Å². The molecule has 0 bridgehead atoms. The summed E-state index contributed by atoms with van der Waals surface area (Å²) in [5.41, 5.74) is 1.14. The lowest BCUT2D eigenvalue weighted by Crippen LogP contribution is -2.19. The molecule has 0 fully saturated rings. The summed E-state index contributed by atoms with van der Waals surface area (Å²) in [6, 6.07) is 3.98. The highest BCUT2D eigenvalue weighted by molar-refractivity contribution is 5.69. The third kappa shape index (κ3) is 1.22. The van der Waals surface area contributed by atoms with Crippen LogP contribution in [0.3, 0.4) is 0 Å². The molecule has 3 nitrogen and oxygen atoms in total. The number of pyridine rings is 1. The summed E-state index contributed by atoms with van der Waals surface area (Å²) in [5.74, 6) is 0. The zero-order valence-corrected chi connectivity index (χ0v) is 6.14. The summed E-state index contributed by atoms with van der Waals surface area (Å²) in [4.78, 5) is 10.3. The van der Waals surface area contributed by atoms with E-state index < -0.39 is 0 Å². The van der Waals surface area contributed by atoms with E-state index in [4.69, 9.17) is 0 Å². The van der Waals surface area contributed by atoms with Crippen LogP contribution in [0.25, 0.3) is 0 Å². The van der Waals surface area contributed by atoms with Crippen molar-refractivity contribution in [1.82, 2.24) is 4.98 Å². The van der Waals surface area contributed by atoms with Gasteiger partial charge in [-0.3, -0.25) is 9.98 Å². The van der Waals surface area contributed by atoms with E-state index in [1.165, 1.54) is 0 Å². The topological polar surface area (TPSA) is 28.5 Å². The van der Waals surface area contributed by atoms with Crippen LogP contribution in [0.2, 0.25) is 0 Å². The predicted molar refractivity (Wildman–Crippen MR) is 44.9 cm³/mol. The van der Waals surface area contributed by atoms with Crippen LogP contribution in [-0.2, 0) is 0 Å². The first kappa shape index (κ1) is 6.34. The van der Waals surface area contributed by atoms with Crippen LogP contribution in [0.15, 0.2) is 29.5 Å². The molecule has 0 N–H and O–H groups in total. The summed E-state index contributed by atoms with van der Waals surface area (Å²) < 4.78 is 0. The van der Waals surface area contributed by atoms with E-state index in [0.717, 1.165) is 18.9 Å². The van der Waals surface area contributed by atoms with E-state index in [-0.39, 0.29) is 0 Å². The molecule has 0 radical (unpaired) electrons. The van der Waals surface area contributed by atoms with Gasteiger partial charge in [-0.15, -0.1) is 0 Å².